The molecule has 1 N–H and O–H groups in total. The quantitative estimate of drug-likeness (QED) is 0.665. The van der Waals surface area contributed by atoms with E-state index in [0.717, 1.165) is 54.5 Å². The van der Waals surface area contributed by atoms with E-state index >= 15 is 0 Å². The molecule has 0 aromatic carbocycles. The van der Waals surface area contributed by atoms with Gasteiger partial charge >= 0.3 is 0 Å². The van der Waals surface area contributed by atoms with E-state index in [4.69, 9.17) is 4.74 Å². The molecule has 28 heavy (non-hydrogen) atoms. The summed E-state index contributed by atoms with van der Waals surface area (Å²) in [5.41, 5.74) is 0. The zero-order chi connectivity index (χ0) is 19.2. The molecular weight excluding hydrogens is 398 g/mol. The fourth-order valence-corrected chi connectivity index (χ4v) is 4.83. The number of carbonyl (C=O) groups is 1. The summed E-state index contributed by atoms with van der Waals surface area (Å²) >= 11 is 2.92. The van der Waals surface area contributed by atoms with Crippen molar-refractivity contribution in [1.82, 2.24) is 25.1 Å². The van der Waals surface area contributed by atoms with Crippen LogP contribution in [0, 0.1) is 0 Å². The van der Waals surface area contributed by atoms with Crippen LogP contribution in [0.1, 0.15) is 12.8 Å². The Labute approximate surface area is 171 Å². The summed E-state index contributed by atoms with van der Waals surface area (Å²) in [7, 11) is 0. The first kappa shape index (κ1) is 19.3. The maximum Gasteiger partial charge on any atom is 0.233 e. The van der Waals surface area contributed by atoms with Gasteiger partial charge in [0.2, 0.25) is 17.0 Å². The Morgan fingerprint density at radius 3 is 2.82 bits per heavy atom. The summed E-state index contributed by atoms with van der Waals surface area (Å²) in [5.74, 6) is 1.23. The van der Waals surface area contributed by atoms with E-state index < -0.39 is 0 Å². The highest BCUT2D eigenvalue weighted by Gasteiger charge is 2.23. The molecule has 1 amide bonds. The zero-order valence-corrected chi connectivity index (χ0v) is 17.1. The molecule has 0 saturated carbocycles. The summed E-state index contributed by atoms with van der Waals surface area (Å²) in [6.45, 7) is 4.46. The first-order chi connectivity index (χ1) is 13.8. The van der Waals surface area contributed by atoms with Crippen LogP contribution in [0.2, 0.25) is 0 Å². The molecule has 0 spiro atoms. The van der Waals surface area contributed by atoms with Crippen molar-refractivity contribution in [3.05, 3.63) is 18.5 Å². The minimum absolute atomic E-state index is 0.127. The Balaban J connectivity index is 1.18. The molecule has 2 saturated heterocycles. The largest absolute Gasteiger partial charge is 0.376 e. The van der Waals surface area contributed by atoms with Crippen LogP contribution in [0.25, 0.3) is 0 Å². The number of carbonyl (C=O) groups excluding carboxylic acids is 1. The molecule has 150 valence electrons. The van der Waals surface area contributed by atoms with Gasteiger partial charge in [0.15, 0.2) is 4.34 Å². The summed E-state index contributed by atoms with van der Waals surface area (Å²) in [6, 6.07) is 1.80. The monoisotopic (exact) mass is 421 g/mol. The molecule has 1 atom stereocenters. The van der Waals surface area contributed by atoms with Crippen LogP contribution in [0.15, 0.2) is 22.8 Å². The number of hydrogen-bond acceptors (Lipinski definition) is 10. The highest BCUT2D eigenvalue weighted by molar-refractivity contribution is 8.01. The normalized spacial score (nSPS) is 19.8. The average Bonchev–Trinajstić information content (AvgIpc) is 3.43. The number of amides is 1. The molecule has 0 unspecified atom stereocenters. The van der Waals surface area contributed by atoms with E-state index in [1.165, 1.54) is 23.1 Å². The van der Waals surface area contributed by atoms with Crippen molar-refractivity contribution in [1.29, 1.82) is 0 Å². The molecule has 0 aliphatic carbocycles. The summed E-state index contributed by atoms with van der Waals surface area (Å²) in [4.78, 5) is 25.0. The Morgan fingerprint density at radius 2 is 2.07 bits per heavy atom. The minimum Gasteiger partial charge on any atom is -0.376 e. The van der Waals surface area contributed by atoms with Gasteiger partial charge in [-0.3, -0.25) is 4.79 Å². The van der Waals surface area contributed by atoms with Crippen LogP contribution in [0.4, 0.5) is 11.1 Å². The first-order valence-electron chi connectivity index (χ1n) is 9.39. The molecule has 2 fully saturated rings. The third-order valence-corrected chi connectivity index (χ3v) is 6.70. The molecule has 0 radical (unpaired) electrons. The number of piperazine rings is 1. The van der Waals surface area contributed by atoms with E-state index in [0.29, 0.717) is 18.8 Å². The zero-order valence-electron chi connectivity index (χ0n) is 15.5. The number of rotatable bonds is 7. The minimum atomic E-state index is 0.127. The third kappa shape index (κ3) is 5.09. The second kappa shape index (κ2) is 9.48. The van der Waals surface area contributed by atoms with Crippen LogP contribution in [-0.2, 0) is 9.53 Å². The van der Waals surface area contributed by atoms with E-state index in [2.05, 4.69) is 30.4 Å². The van der Waals surface area contributed by atoms with Crippen LogP contribution >= 0.6 is 23.1 Å². The molecule has 4 heterocycles. The molecular formula is C17H23N7O2S2. The highest BCUT2D eigenvalue weighted by Crippen LogP contribution is 2.26. The van der Waals surface area contributed by atoms with Crippen LogP contribution < -0.4 is 10.2 Å². The summed E-state index contributed by atoms with van der Waals surface area (Å²) in [6.07, 6.45) is 5.95. The fraction of sp³-hybridized carbons (Fsp3) is 0.588. The van der Waals surface area contributed by atoms with Gasteiger partial charge in [-0.05, 0) is 18.9 Å². The lowest BCUT2D eigenvalue weighted by Gasteiger charge is -2.34. The van der Waals surface area contributed by atoms with E-state index in [9.17, 15) is 4.79 Å². The SMILES string of the molecule is O=C(CSc1nnc(NC[C@H]2CCCO2)s1)N1CCN(c2ncccn2)CC1. The molecule has 4 rings (SSSR count). The van der Waals surface area contributed by atoms with Crippen molar-refractivity contribution < 1.29 is 9.53 Å². The number of ether oxygens (including phenoxy) is 1. The number of thioether (sulfide) groups is 1. The predicted molar refractivity (Wildman–Crippen MR) is 109 cm³/mol. The van der Waals surface area contributed by atoms with Gasteiger partial charge in [-0.25, -0.2) is 9.97 Å². The Bertz CT molecular complexity index is 762. The molecule has 2 aliphatic rings. The average molecular weight is 422 g/mol. The van der Waals surface area contributed by atoms with Gasteiger partial charge in [-0.15, -0.1) is 10.2 Å². The van der Waals surface area contributed by atoms with Crippen molar-refractivity contribution in [2.24, 2.45) is 0 Å². The molecule has 11 heteroatoms. The van der Waals surface area contributed by atoms with Gasteiger partial charge < -0.3 is 19.9 Å². The number of nitrogens with one attached hydrogen (secondary N) is 1. The number of anilines is 2. The second-order valence-electron chi connectivity index (χ2n) is 6.59. The van der Waals surface area contributed by atoms with Gasteiger partial charge in [-0.2, -0.15) is 0 Å². The van der Waals surface area contributed by atoms with Crippen LogP contribution in [-0.4, -0.2) is 82.2 Å². The topological polar surface area (TPSA) is 96.4 Å². The van der Waals surface area contributed by atoms with Crippen molar-refractivity contribution in [3.8, 4) is 0 Å². The van der Waals surface area contributed by atoms with Crippen LogP contribution in [0.3, 0.4) is 0 Å². The van der Waals surface area contributed by atoms with Gasteiger partial charge in [-0.1, -0.05) is 23.1 Å². The maximum atomic E-state index is 12.5. The number of aromatic nitrogens is 4. The standard InChI is InChI=1S/C17H23N7O2S2/c25-14(23-6-8-24(9-7-23)15-18-4-2-5-19-15)12-27-17-22-21-16(28-17)20-11-13-3-1-10-26-13/h2,4-5,13H,1,3,6-12H2,(H,20,21)/t13-/m1/s1. The molecule has 9 nitrogen and oxygen atoms in total. The molecule has 2 aliphatic heterocycles. The van der Waals surface area contributed by atoms with Crippen molar-refractivity contribution in [2.75, 3.05) is 55.3 Å². The fourth-order valence-electron chi connectivity index (χ4n) is 3.17. The smallest absolute Gasteiger partial charge is 0.233 e. The van der Waals surface area contributed by atoms with Crippen molar-refractivity contribution in [2.45, 2.75) is 23.3 Å². The lowest BCUT2D eigenvalue weighted by molar-refractivity contribution is -0.128. The van der Waals surface area contributed by atoms with Crippen molar-refractivity contribution >= 4 is 40.1 Å². The lowest BCUT2D eigenvalue weighted by Crippen LogP contribution is -2.49. The van der Waals surface area contributed by atoms with Gasteiger partial charge in [0, 0.05) is 51.7 Å². The number of hydrogen-bond donors (Lipinski definition) is 1. The molecule has 0 bridgehead atoms. The van der Waals surface area contributed by atoms with Crippen LogP contribution in [0.5, 0.6) is 0 Å². The Morgan fingerprint density at radius 1 is 1.25 bits per heavy atom. The van der Waals surface area contributed by atoms with E-state index in [-0.39, 0.29) is 12.0 Å². The number of nitrogens with zero attached hydrogens (tertiary/aromatic N) is 6. The Kier molecular flexibility index (Phi) is 6.55. The summed E-state index contributed by atoms with van der Waals surface area (Å²) in [5, 5.41) is 12.4. The van der Waals surface area contributed by atoms with E-state index in [1.54, 1.807) is 18.5 Å². The highest BCUT2D eigenvalue weighted by atomic mass is 32.2. The third-order valence-electron chi connectivity index (χ3n) is 4.70. The van der Waals surface area contributed by atoms with E-state index in [1.807, 2.05) is 4.90 Å². The van der Waals surface area contributed by atoms with Gasteiger partial charge in [0.05, 0.1) is 11.9 Å². The maximum absolute atomic E-state index is 12.5. The van der Waals surface area contributed by atoms with Gasteiger partial charge in [0.25, 0.3) is 0 Å². The molecule has 2 aromatic rings. The molecule has 2 aromatic heterocycles. The lowest BCUT2D eigenvalue weighted by atomic mass is 10.2. The summed E-state index contributed by atoms with van der Waals surface area (Å²) < 4.78 is 6.40. The Hall–Kier alpha value is -1.98. The van der Waals surface area contributed by atoms with Crippen molar-refractivity contribution in [3.63, 3.8) is 0 Å². The second-order valence-corrected chi connectivity index (χ2v) is 8.79. The predicted octanol–water partition coefficient (Wildman–Crippen LogP) is 1.36. The van der Waals surface area contributed by atoms with Gasteiger partial charge in [0.1, 0.15) is 0 Å². The first-order valence-corrected chi connectivity index (χ1v) is 11.2.